The van der Waals surface area contributed by atoms with Gasteiger partial charge in [0.25, 0.3) is 10.0 Å². The smallest absolute Gasteiger partial charge is 0.262 e. The molecule has 0 aliphatic rings. The van der Waals surface area contributed by atoms with Crippen molar-refractivity contribution in [1.29, 1.82) is 0 Å². The van der Waals surface area contributed by atoms with E-state index in [4.69, 9.17) is 0 Å². The van der Waals surface area contributed by atoms with Crippen LogP contribution in [0.3, 0.4) is 0 Å². The van der Waals surface area contributed by atoms with E-state index in [1.807, 2.05) is 88.4 Å². The first-order valence-electron chi connectivity index (χ1n) is 9.43. The summed E-state index contributed by atoms with van der Waals surface area (Å²) in [7, 11) is -3.74. The van der Waals surface area contributed by atoms with E-state index >= 15 is 0 Å². The molecule has 0 saturated carbocycles. The zero-order valence-corrected chi connectivity index (χ0v) is 18.0. The normalized spacial score (nSPS) is 11.5. The van der Waals surface area contributed by atoms with E-state index < -0.39 is 10.0 Å². The fourth-order valence-corrected chi connectivity index (χ4v) is 5.64. The molecule has 0 aliphatic carbocycles. The summed E-state index contributed by atoms with van der Waals surface area (Å²) in [6.45, 7) is 10.2. The van der Waals surface area contributed by atoms with E-state index in [2.05, 4.69) is 6.92 Å². The summed E-state index contributed by atoms with van der Waals surface area (Å²) in [6.07, 6.45) is 0. The number of anilines is 1. The lowest BCUT2D eigenvalue weighted by atomic mass is 9.95. The van der Waals surface area contributed by atoms with Gasteiger partial charge in [-0.3, -0.25) is 4.31 Å². The van der Waals surface area contributed by atoms with Crippen LogP contribution in [0.25, 0.3) is 0 Å². The van der Waals surface area contributed by atoms with Gasteiger partial charge in [0, 0.05) is 0 Å². The summed E-state index contributed by atoms with van der Waals surface area (Å²) in [5.41, 5.74) is 6.50. The standard InChI is InChI=1S/C24H27NO2S/c1-17-18(2)20(4)24(21(5)19(17)3)28(26,27)25(23-14-10-7-11-15-23)16-22-12-8-6-9-13-22/h6-15H,16H2,1-5H3. The van der Waals surface area contributed by atoms with Gasteiger partial charge < -0.3 is 0 Å². The minimum Gasteiger partial charge on any atom is -0.262 e. The molecule has 4 heteroatoms. The van der Waals surface area contributed by atoms with Gasteiger partial charge in [0.1, 0.15) is 0 Å². The second-order valence-electron chi connectivity index (χ2n) is 7.29. The Bertz CT molecular complexity index is 1060. The maximum Gasteiger partial charge on any atom is 0.265 e. The predicted molar refractivity (Wildman–Crippen MR) is 116 cm³/mol. The summed E-state index contributed by atoms with van der Waals surface area (Å²) in [5, 5.41) is 0. The van der Waals surface area contributed by atoms with Gasteiger partial charge in [-0.2, -0.15) is 0 Å². The molecule has 3 aromatic carbocycles. The molecule has 28 heavy (non-hydrogen) atoms. The monoisotopic (exact) mass is 393 g/mol. The average molecular weight is 394 g/mol. The molecule has 0 unspecified atom stereocenters. The van der Waals surface area contributed by atoms with E-state index in [0.717, 1.165) is 33.4 Å². The molecule has 0 bridgehead atoms. The van der Waals surface area contributed by atoms with Crippen molar-refractivity contribution in [2.24, 2.45) is 0 Å². The molecule has 0 heterocycles. The molecule has 0 amide bonds. The van der Waals surface area contributed by atoms with Crippen LogP contribution in [-0.2, 0) is 16.6 Å². The molecule has 146 valence electrons. The fraction of sp³-hybridized carbons (Fsp3) is 0.250. The summed E-state index contributed by atoms with van der Waals surface area (Å²) in [5.74, 6) is 0. The van der Waals surface area contributed by atoms with E-state index in [-0.39, 0.29) is 6.54 Å². The van der Waals surface area contributed by atoms with Crippen molar-refractivity contribution in [2.45, 2.75) is 46.1 Å². The zero-order chi connectivity index (χ0) is 20.5. The van der Waals surface area contributed by atoms with Gasteiger partial charge in [-0.1, -0.05) is 48.5 Å². The first-order chi connectivity index (χ1) is 13.2. The Morgan fingerprint density at radius 3 is 1.57 bits per heavy atom. The Kier molecular flexibility index (Phi) is 5.61. The minimum absolute atomic E-state index is 0.290. The predicted octanol–water partition coefficient (Wildman–Crippen LogP) is 5.62. The fourth-order valence-electron chi connectivity index (χ4n) is 3.62. The molecule has 0 atom stereocenters. The van der Waals surface area contributed by atoms with Crippen LogP contribution in [0.1, 0.15) is 33.4 Å². The van der Waals surface area contributed by atoms with Crippen molar-refractivity contribution >= 4 is 15.7 Å². The van der Waals surface area contributed by atoms with Crippen LogP contribution in [0.4, 0.5) is 5.69 Å². The molecule has 0 saturated heterocycles. The molecular weight excluding hydrogens is 366 g/mol. The van der Waals surface area contributed by atoms with Crippen molar-refractivity contribution in [2.75, 3.05) is 4.31 Å². The van der Waals surface area contributed by atoms with Crippen LogP contribution in [-0.4, -0.2) is 8.42 Å². The van der Waals surface area contributed by atoms with Gasteiger partial charge in [-0.25, -0.2) is 8.42 Å². The highest BCUT2D eigenvalue weighted by atomic mass is 32.2. The molecule has 3 aromatic rings. The van der Waals surface area contributed by atoms with Gasteiger partial charge in [0.15, 0.2) is 0 Å². The first-order valence-corrected chi connectivity index (χ1v) is 10.9. The van der Waals surface area contributed by atoms with Gasteiger partial charge >= 0.3 is 0 Å². The summed E-state index contributed by atoms with van der Waals surface area (Å²) in [4.78, 5) is 0.424. The van der Waals surface area contributed by atoms with Crippen LogP contribution < -0.4 is 4.31 Å². The van der Waals surface area contributed by atoms with E-state index in [0.29, 0.717) is 10.6 Å². The summed E-state index contributed by atoms with van der Waals surface area (Å²) in [6, 6.07) is 19.0. The molecule has 0 spiro atoms. The summed E-state index contributed by atoms with van der Waals surface area (Å²) >= 11 is 0. The number of para-hydroxylation sites is 1. The number of rotatable bonds is 5. The number of hydrogen-bond acceptors (Lipinski definition) is 2. The van der Waals surface area contributed by atoms with Crippen LogP contribution in [0, 0.1) is 34.6 Å². The molecule has 3 nitrogen and oxygen atoms in total. The third-order valence-electron chi connectivity index (χ3n) is 5.69. The maximum atomic E-state index is 13.9. The second kappa shape index (κ2) is 7.80. The van der Waals surface area contributed by atoms with Crippen molar-refractivity contribution in [1.82, 2.24) is 0 Å². The second-order valence-corrected chi connectivity index (χ2v) is 9.09. The van der Waals surface area contributed by atoms with Crippen molar-refractivity contribution in [3.63, 3.8) is 0 Å². The zero-order valence-electron chi connectivity index (χ0n) is 17.2. The maximum absolute atomic E-state index is 13.9. The van der Waals surface area contributed by atoms with E-state index in [1.54, 1.807) is 0 Å². The molecule has 0 aromatic heterocycles. The number of benzene rings is 3. The van der Waals surface area contributed by atoms with Crippen molar-refractivity contribution < 1.29 is 8.42 Å². The lowest BCUT2D eigenvalue weighted by Crippen LogP contribution is -2.32. The molecular formula is C24H27NO2S. The van der Waals surface area contributed by atoms with Crippen LogP contribution in [0.5, 0.6) is 0 Å². The lowest BCUT2D eigenvalue weighted by molar-refractivity contribution is 0.588. The Balaban J connectivity index is 2.23. The number of hydrogen-bond donors (Lipinski definition) is 0. The van der Waals surface area contributed by atoms with Crippen molar-refractivity contribution in [3.8, 4) is 0 Å². The number of nitrogens with zero attached hydrogens (tertiary/aromatic N) is 1. The third kappa shape index (κ3) is 3.57. The molecule has 0 aliphatic heterocycles. The quantitative estimate of drug-likeness (QED) is 0.564. The molecule has 0 N–H and O–H groups in total. The van der Waals surface area contributed by atoms with Gasteiger partial charge in [-0.05, 0) is 80.1 Å². The van der Waals surface area contributed by atoms with Crippen LogP contribution in [0.15, 0.2) is 65.6 Å². The van der Waals surface area contributed by atoms with Crippen molar-refractivity contribution in [3.05, 3.63) is 94.0 Å². The Morgan fingerprint density at radius 2 is 1.07 bits per heavy atom. The SMILES string of the molecule is Cc1c(C)c(C)c(S(=O)(=O)N(Cc2ccccc2)c2ccccc2)c(C)c1C. The Hall–Kier alpha value is -2.59. The highest BCUT2D eigenvalue weighted by molar-refractivity contribution is 7.93. The molecule has 3 rings (SSSR count). The number of sulfonamides is 1. The highest BCUT2D eigenvalue weighted by Crippen LogP contribution is 2.34. The van der Waals surface area contributed by atoms with Gasteiger partial charge in [-0.15, -0.1) is 0 Å². The van der Waals surface area contributed by atoms with Crippen LogP contribution >= 0.6 is 0 Å². The topological polar surface area (TPSA) is 37.4 Å². The molecule has 0 fully saturated rings. The average Bonchev–Trinajstić information content (AvgIpc) is 2.70. The highest BCUT2D eigenvalue weighted by Gasteiger charge is 2.30. The van der Waals surface area contributed by atoms with Gasteiger partial charge in [0.2, 0.25) is 0 Å². The third-order valence-corrected chi connectivity index (χ3v) is 7.74. The minimum atomic E-state index is -3.74. The Labute approximate surface area is 168 Å². The first kappa shape index (κ1) is 20.2. The largest absolute Gasteiger partial charge is 0.265 e. The lowest BCUT2D eigenvalue weighted by Gasteiger charge is -2.28. The van der Waals surface area contributed by atoms with E-state index in [9.17, 15) is 8.42 Å². The Morgan fingerprint density at radius 1 is 0.643 bits per heavy atom. The van der Waals surface area contributed by atoms with E-state index in [1.165, 1.54) is 4.31 Å². The van der Waals surface area contributed by atoms with Crippen LogP contribution in [0.2, 0.25) is 0 Å². The van der Waals surface area contributed by atoms with Gasteiger partial charge in [0.05, 0.1) is 17.1 Å². The molecule has 0 radical (unpaired) electrons. The summed E-state index contributed by atoms with van der Waals surface area (Å²) < 4.78 is 29.4.